The minimum absolute atomic E-state index is 0.0329. The molecule has 2 rings (SSSR count). The second-order valence-corrected chi connectivity index (χ2v) is 9.53. The number of hydrogen-bond acceptors (Lipinski definition) is 3. The summed E-state index contributed by atoms with van der Waals surface area (Å²) in [7, 11) is 0. The molecule has 1 unspecified atom stereocenters. The zero-order valence-electron chi connectivity index (χ0n) is 16.9. The Balaban J connectivity index is 2.12. The summed E-state index contributed by atoms with van der Waals surface area (Å²) in [6.07, 6.45) is -6.71. The molecule has 1 atom stereocenters. The van der Waals surface area contributed by atoms with Gasteiger partial charge in [0.1, 0.15) is 12.4 Å². The molecule has 0 aliphatic carbocycles. The van der Waals surface area contributed by atoms with E-state index in [1.807, 2.05) is 5.32 Å². The van der Waals surface area contributed by atoms with Gasteiger partial charge in [0.05, 0.1) is 11.5 Å². The Morgan fingerprint density at radius 1 is 0.971 bits per heavy atom. The summed E-state index contributed by atoms with van der Waals surface area (Å²) in [6, 6.07) is 8.59. The van der Waals surface area contributed by atoms with E-state index in [0.717, 1.165) is 6.08 Å². The Kier molecular flexibility index (Phi) is 9.66. The molecule has 0 aliphatic rings. The van der Waals surface area contributed by atoms with Crippen molar-refractivity contribution in [2.24, 2.45) is 0 Å². The predicted molar refractivity (Wildman–Crippen MR) is 128 cm³/mol. The van der Waals surface area contributed by atoms with Gasteiger partial charge in [-0.25, -0.2) is 0 Å². The lowest BCUT2D eigenvalue weighted by molar-refractivity contribution is -0.139. The van der Waals surface area contributed by atoms with E-state index in [4.69, 9.17) is 0 Å². The van der Waals surface area contributed by atoms with Crippen molar-refractivity contribution in [2.75, 3.05) is 6.54 Å². The van der Waals surface area contributed by atoms with Crippen LogP contribution in [0.1, 0.15) is 27.4 Å². The Bertz CT molecular complexity index is 1070. The minimum Gasteiger partial charge on any atom is -0.362 e. The number of hydrogen-bond donors (Lipinski definition) is 3. The fourth-order valence-electron chi connectivity index (χ4n) is 2.64. The lowest BCUT2D eigenvalue weighted by Crippen LogP contribution is -2.42. The molecule has 2 aromatic rings. The van der Waals surface area contributed by atoms with Crippen molar-refractivity contribution < 1.29 is 31.1 Å². The lowest BCUT2D eigenvalue weighted by atomic mass is 9.97. The summed E-state index contributed by atoms with van der Waals surface area (Å²) in [5.41, 5.74) is 4.89. The number of hydrazine groups is 1. The number of nitrogens with one attached hydrogen (secondary N) is 3. The minimum atomic E-state index is -4.54. The van der Waals surface area contributed by atoms with Crippen LogP contribution in [0.15, 0.2) is 68.3 Å². The number of alkyl halides is 6. The first-order chi connectivity index (χ1) is 15.7. The first-order valence-corrected chi connectivity index (χ1v) is 11.6. The molecule has 0 aliphatic heterocycles. The van der Waals surface area contributed by atoms with Crippen LogP contribution in [-0.2, 0) is 0 Å². The molecular formula is C21H16Br3F6N3O. The number of halogens is 9. The van der Waals surface area contributed by atoms with Crippen molar-refractivity contribution in [1.82, 2.24) is 16.2 Å². The third kappa shape index (κ3) is 8.99. The standard InChI is InChI=1S/C21H16Br3F6N3O/c1-11(31-10-20(25,26)27)32-33-19(34)16-4-2-12(6-18(16)24)3-5-17(21(28,29)30)13-7-14(22)9-15(23)8-13/h2-9,17,31-32H,1,10H2,(H,33,34)/b5-3+. The van der Waals surface area contributed by atoms with Crippen molar-refractivity contribution in [3.8, 4) is 0 Å². The maximum atomic E-state index is 13.7. The van der Waals surface area contributed by atoms with E-state index in [1.54, 1.807) is 6.07 Å². The van der Waals surface area contributed by atoms with Crippen LogP contribution in [0.5, 0.6) is 0 Å². The van der Waals surface area contributed by atoms with Gasteiger partial charge in [0, 0.05) is 13.4 Å². The van der Waals surface area contributed by atoms with Gasteiger partial charge in [-0.1, -0.05) is 56.7 Å². The highest BCUT2D eigenvalue weighted by Gasteiger charge is 2.39. The average molecular weight is 680 g/mol. The zero-order chi connectivity index (χ0) is 25.7. The smallest absolute Gasteiger partial charge is 0.362 e. The number of carbonyl (C=O) groups is 1. The maximum absolute atomic E-state index is 13.7. The Labute approximate surface area is 216 Å². The van der Waals surface area contributed by atoms with E-state index >= 15 is 0 Å². The molecule has 34 heavy (non-hydrogen) atoms. The van der Waals surface area contributed by atoms with E-state index < -0.39 is 30.7 Å². The first-order valence-electron chi connectivity index (χ1n) is 9.22. The van der Waals surface area contributed by atoms with Crippen LogP contribution in [-0.4, -0.2) is 24.8 Å². The molecule has 0 saturated carbocycles. The van der Waals surface area contributed by atoms with Crippen molar-refractivity contribution in [3.63, 3.8) is 0 Å². The molecule has 0 radical (unpaired) electrons. The highest BCUT2D eigenvalue weighted by Crippen LogP contribution is 2.38. The summed E-state index contributed by atoms with van der Waals surface area (Å²) >= 11 is 9.55. The summed E-state index contributed by atoms with van der Waals surface area (Å²) in [5.74, 6) is -2.86. The van der Waals surface area contributed by atoms with Gasteiger partial charge < -0.3 is 5.32 Å². The average Bonchev–Trinajstić information content (AvgIpc) is 2.68. The van der Waals surface area contributed by atoms with Gasteiger partial charge >= 0.3 is 12.4 Å². The summed E-state index contributed by atoms with van der Waals surface area (Å²) in [5, 5.41) is 1.95. The monoisotopic (exact) mass is 677 g/mol. The Morgan fingerprint density at radius 2 is 1.59 bits per heavy atom. The van der Waals surface area contributed by atoms with Gasteiger partial charge in [-0.15, -0.1) is 0 Å². The summed E-state index contributed by atoms with van der Waals surface area (Å²) in [6.45, 7) is 1.96. The Morgan fingerprint density at radius 3 is 2.12 bits per heavy atom. The zero-order valence-corrected chi connectivity index (χ0v) is 21.7. The third-order valence-corrected chi connectivity index (χ3v) is 5.72. The van der Waals surface area contributed by atoms with E-state index in [2.05, 4.69) is 65.2 Å². The second kappa shape index (κ2) is 11.6. The highest BCUT2D eigenvalue weighted by atomic mass is 79.9. The van der Waals surface area contributed by atoms with Gasteiger partial charge in [-0.2, -0.15) is 26.3 Å². The molecule has 184 valence electrons. The molecule has 0 aromatic heterocycles. The predicted octanol–water partition coefficient (Wildman–Crippen LogP) is 7.19. The van der Waals surface area contributed by atoms with E-state index in [1.165, 1.54) is 36.4 Å². The van der Waals surface area contributed by atoms with Crippen LogP contribution >= 0.6 is 47.8 Å². The normalized spacial score (nSPS) is 13.0. The maximum Gasteiger partial charge on any atom is 0.405 e. The van der Waals surface area contributed by atoms with Gasteiger partial charge in [0.25, 0.3) is 5.91 Å². The Hall–Kier alpha value is -1.99. The largest absolute Gasteiger partial charge is 0.405 e. The molecule has 0 fully saturated rings. The van der Waals surface area contributed by atoms with Crippen LogP contribution in [0.4, 0.5) is 26.3 Å². The lowest BCUT2D eigenvalue weighted by Gasteiger charge is -2.18. The fourth-order valence-corrected chi connectivity index (χ4v) is 4.55. The van der Waals surface area contributed by atoms with E-state index in [9.17, 15) is 31.1 Å². The molecule has 3 N–H and O–H groups in total. The first kappa shape index (κ1) is 28.2. The quantitative estimate of drug-likeness (QED) is 0.205. The number of carbonyl (C=O) groups excluding carboxylic acids is 1. The van der Waals surface area contributed by atoms with Crippen LogP contribution in [0, 0.1) is 0 Å². The molecule has 0 heterocycles. The number of rotatable bonds is 8. The van der Waals surface area contributed by atoms with Gasteiger partial charge in [0.2, 0.25) is 0 Å². The summed E-state index contributed by atoms with van der Waals surface area (Å²) < 4.78 is 78.8. The van der Waals surface area contributed by atoms with Crippen LogP contribution < -0.4 is 16.2 Å². The van der Waals surface area contributed by atoms with E-state index in [-0.39, 0.29) is 21.4 Å². The molecule has 0 spiro atoms. The van der Waals surface area contributed by atoms with E-state index in [0.29, 0.717) is 14.5 Å². The van der Waals surface area contributed by atoms with Crippen molar-refractivity contribution in [3.05, 3.63) is 85.0 Å². The van der Waals surface area contributed by atoms with Crippen LogP contribution in [0.25, 0.3) is 6.08 Å². The molecule has 4 nitrogen and oxygen atoms in total. The van der Waals surface area contributed by atoms with Crippen LogP contribution in [0.3, 0.4) is 0 Å². The number of benzene rings is 2. The number of allylic oxidation sites excluding steroid dienone is 1. The third-order valence-electron chi connectivity index (χ3n) is 4.14. The fraction of sp³-hybridized carbons (Fsp3) is 0.190. The SMILES string of the molecule is C=C(NCC(F)(F)F)NNC(=O)c1ccc(/C=C/C(c2cc(Br)cc(Br)c2)C(F)(F)F)cc1Br. The molecule has 0 bridgehead atoms. The van der Waals surface area contributed by atoms with Crippen LogP contribution in [0.2, 0.25) is 0 Å². The molecule has 13 heteroatoms. The molecule has 1 amide bonds. The second-order valence-electron chi connectivity index (χ2n) is 6.85. The molecular weight excluding hydrogens is 664 g/mol. The van der Waals surface area contributed by atoms with Crippen molar-refractivity contribution in [1.29, 1.82) is 0 Å². The topological polar surface area (TPSA) is 53.2 Å². The summed E-state index contributed by atoms with van der Waals surface area (Å²) in [4.78, 5) is 12.3. The molecule has 0 saturated heterocycles. The van der Waals surface area contributed by atoms with Crippen molar-refractivity contribution in [2.45, 2.75) is 18.3 Å². The van der Waals surface area contributed by atoms with Crippen molar-refractivity contribution >= 4 is 59.8 Å². The van der Waals surface area contributed by atoms with Gasteiger partial charge in [-0.05, 0) is 57.4 Å². The number of amides is 1. The highest BCUT2D eigenvalue weighted by molar-refractivity contribution is 9.11. The molecule has 2 aromatic carbocycles. The van der Waals surface area contributed by atoms with Gasteiger partial charge in [0.15, 0.2) is 0 Å². The van der Waals surface area contributed by atoms with Gasteiger partial charge in [-0.3, -0.25) is 15.6 Å².